The van der Waals surface area contributed by atoms with Gasteiger partial charge in [0.15, 0.2) is 0 Å². The van der Waals surface area contributed by atoms with Gasteiger partial charge in [-0.1, -0.05) is 26.0 Å². The maximum Gasteiger partial charge on any atom is 0.107 e. The molecule has 0 unspecified atom stereocenters. The number of hydrogen-bond acceptors (Lipinski definition) is 3. The fourth-order valence-electron chi connectivity index (χ4n) is 1.50. The van der Waals surface area contributed by atoms with Crippen molar-refractivity contribution in [2.75, 3.05) is 13.1 Å². The molecule has 0 atom stereocenters. The van der Waals surface area contributed by atoms with Crippen molar-refractivity contribution in [3.05, 3.63) is 24.3 Å². The molecule has 1 aliphatic carbocycles. The number of rotatable bonds is 4. The lowest BCUT2D eigenvalue weighted by Crippen LogP contribution is -2.54. The second-order valence-electron chi connectivity index (χ2n) is 3.14. The summed E-state index contributed by atoms with van der Waals surface area (Å²) in [5, 5.41) is 15.9. The molecule has 0 radical (unpaired) electrons. The van der Waals surface area contributed by atoms with Gasteiger partial charge in [-0.25, -0.2) is 0 Å². The molecule has 0 saturated heterocycles. The molecule has 0 aromatic carbocycles. The first kappa shape index (κ1) is 10.4. The Kier molecular flexibility index (Phi) is 3.66. The van der Waals surface area contributed by atoms with Gasteiger partial charge in [0.05, 0.1) is 6.10 Å². The molecule has 0 aromatic rings. The second kappa shape index (κ2) is 4.56. The van der Waals surface area contributed by atoms with Gasteiger partial charge in [-0.3, -0.25) is 10.6 Å². The van der Waals surface area contributed by atoms with Gasteiger partial charge in [0, 0.05) is 0 Å². The monoisotopic (exact) mass is 182 g/mol. The Hall–Kier alpha value is -0.640. The van der Waals surface area contributed by atoms with E-state index < -0.39 is 6.10 Å². The lowest BCUT2D eigenvalue weighted by Gasteiger charge is -2.31. The number of hydrogen-bond donors (Lipinski definition) is 3. The van der Waals surface area contributed by atoms with Crippen molar-refractivity contribution < 1.29 is 5.11 Å². The molecular formula is C10H18N2O. The summed E-state index contributed by atoms with van der Waals surface area (Å²) in [7, 11) is 0. The Balaban J connectivity index is 2.68. The Morgan fingerprint density at radius 2 is 1.62 bits per heavy atom. The van der Waals surface area contributed by atoms with Crippen LogP contribution in [0, 0.1) is 0 Å². The first-order chi connectivity index (χ1) is 6.22. The molecular weight excluding hydrogens is 164 g/mol. The molecule has 0 spiro atoms. The third kappa shape index (κ3) is 2.66. The average molecular weight is 182 g/mol. The van der Waals surface area contributed by atoms with E-state index in [2.05, 4.69) is 24.5 Å². The zero-order valence-electron chi connectivity index (χ0n) is 8.25. The van der Waals surface area contributed by atoms with Crippen molar-refractivity contribution >= 4 is 0 Å². The van der Waals surface area contributed by atoms with E-state index >= 15 is 0 Å². The molecule has 0 heterocycles. The van der Waals surface area contributed by atoms with Crippen LogP contribution in [0.2, 0.25) is 0 Å². The highest BCUT2D eigenvalue weighted by Gasteiger charge is 2.23. The van der Waals surface area contributed by atoms with Gasteiger partial charge in [-0.15, -0.1) is 0 Å². The topological polar surface area (TPSA) is 44.3 Å². The minimum atomic E-state index is -0.439. The lowest BCUT2D eigenvalue weighted by molar-refractivity contribution is 0.262. The highest BCUT2D eigenvalue weighted by molar-refractivity contribution is 5.25. The van der Waals surface area contributed by atoms with Gasteiger partial charge in [-0.05, 0) is 25.2 Å². The summed E-state index contributed by atoms with van der Waals surface area (Å²) >= 11 is 0. The summed E-state index contributed by atoms with van der Waals surface area (Å²) in [6, 6.07) is 0. The van der Waals surface area contributed by atoms with E-state index in [4.69, 9.17) is 0 Å². The minimum Gasteiger partial charge on any atom is -0.385 e. The van der Waals surface area contributed by atoms with E-state index in [-0.39, 0.29) is 5.66 Å². The molecule has 0 aromatic heterocycles. The Morgan fingerprint density at radius 3 is 2.00 bits per heavy atom. The Morgan fingerprint density at radius 1 is 1.15 bits per heavy atom. The van der Waals surface area contributed by atoms with Gasteiger partial charge in [-0.2, -0.15) is 0 Å². The van der Waals surface area contributed by atoms with E-state index in [9.17, 15) is 5.11 Å². The zero-order chi connectivity index (χ0) is 9.73. The summed E-state index contributed by atoms with van der Waals surface area (Å²) < 4.78 is 0. The molecule has 0 bridgehead atoms. The van der Waals surface area contributed by atoms with Crippen LogP contribution in [0.15, 0.2) is 24.3 Å². The maximum absolute atomic E-state index is 9.25. The summed E-state index contributed by atoms with van der Waals surface area (Å²) in [5.41, 5.74) is -0.261. The van der Waals surface area contributed by atoms with Crippen molar-refractivity contribution in [1.82, 2.24) is 10.6 Å². The minimum absolute atomic E-state index is 0.261. The van der Waals surface area contributed by atoms with Crippen molar-refractivity contribution in [2.24, 2.45) is 0 Å². The van der Waals surface area contributed by atoms with Crippen LogP contribution in [0.3, 0.4) is 0 Å². The summed E-state index contributed by atoms with van der Waals surface area (Å²) in [5.74, 6) is 0. The van der Waals surface area contributed by atoms with Crippen LogP contribution in [0.1, 0.15) is 13.8 Å². The standard InChI is InChI=1S/C10H18N2O/c1-3-11-10(12-4-2)7-5-9(13)6-8-10/h5-9,11-13H,3-4H2,1-2H3. The van der Waals surface area contributed by atoms with Crippen molar-refractivity contribution in [1.29, 1.82) is 0 Å². The van der Waals surface area contributed by atoms with Crippen LogP contribution < -0.4 is 10.6 Å². The molecule has 0 aliphatic heterocycles. The van der Waals surface area contributed by atoms with Crippen LogP contribution in [0.25, 0.3) is 0 Å². The van der Waals surface area contributed by atoms with Crippen molar-refractivity contribution in [2.45, 2.75) is 25.6 Å². The maximum atomic E-state index is 9.25. The first-order valence-corrected chi connectivity index (χ1v) is 4.79. The highest BCUT2D eigenvalue weighted by atomic mass is 16.3. The molecule has 1 aliphatic rings. The van der Waals surface area contributed by atoms with Crippen LogP contribution in [0.5, 0.6) is 0 Å². The number of aliphatic hydroxyl groups excluding tert-OH is 1. The highest BCUT2D eigenvalue weighted by Crippen LogP contribution is 2.12. The van der Waals surface area contributed by atoms with Crippen LogP contribution in [-0.4, -0.2) is 30.0 Å². The quantitative estimate of drug-likeness (QED) is 0.435. The normalized spacial score (nSPS) is 20.8. The predicted molar refractivity (Wildman–Crippen MR) is 54.4 cm³/mol. The predicted octanol–water partition coefficient (Wildman–Crippen LogP) is 0.389. The summed E-state index contributed by atoms with van der Waals surface area (Å²) in [4.78, 5) is 0. The van der Waals surface area contributed by atoms with Gasteiger partial charge >= 0.3 is 0 Å². The Bertz CT molecular complexity index is 189. The third-order valence-corrected chi connectivity index (χ3v) is 2.05. The van der Waals surface area contributed by atoms with Crippen LogP contribution in [-0.2, 0) is 0 Å². The van der Waals surface area contributed by atoms with Crippen molar-refractivity contribution in [3.8, 4) is 0 Å². The van der Waals surface area contributed by atoms with Crippen molar-refractivity contribution in [3.63, 3.8) is 0 Å². The average Bonchev–Trinajstić information content (AvgIpc) is 2.11. The van der Waals surface area contributed by atoms with E-state index in [1.807, 2.05) is 12.2 Å². The number of aliphatic hydroxyl groups is 1. The van der Waals surface area contributed by atoms with Gasteiger partial charge in [0.25, 0.3) is 0 Å². The molecule has 0 saturated carbocycles. The van der Waals surface area contributed by atoms with Crippen LogP contribution >= 0.6 is 0 Å². The third-order valence-electron chi connectivity index (χ3n) is 2.05. The van der Waals surface area contributed by atoms with Gasteiger partial charge < -0.3 is 5.11 Å². The summed E-state index contributed by atoms with van der Waals surface area (Å²) in [6.45, 7) is 5.90. The van der Waals surface area contributed by atoms with E-state index in [1.54, 1.807) is 12.2 Å². The molecule has 1 rings (SSSR count). The zero-order valence-corrected chi connectivity index (χ0v) is 8.25. The van der Waals surface area contributed by atoms with E-state index in [0.29, 0.717) is 0 Å². The molecule has 3 heteroatoms. The molecule has 3 N–H and O–H groups in total. The lowest BCUT2D eigenvalue weighted by atomic mass is 10.0. The summed E-state index contributed by atoms with van der Waals surface area (Å²) in [6.07, 6.45) is 7.05. The second-order valence-corrected chi connectivity index (χ2v) is 3.14. The van der Waals surface area contributed by atoms with E-state index in [1.165, 1.54) is 0 Å². The molecule has 13 heavy (non-hydrogen) atoms. The number of likely N-dealkylation sites (N-methyl/N-ethyl adjacent to an activating group) is 2. The first-order valence-electron chi connectivity index (χ1n) is 4.79. The fourth-order valence-corrected chi connectivity index (χ4v) is 1.50. The molecule has 0 amide bonds. The Labute approximate surface area is 79.5 Å². The molecule has 74 valence electrons. The van der Waals surface area contributed by atoms with Gasteiger partial charge in [0.1, 0.15) is 5.66 Å². The molecule has 3 nitrogen and oxygen atoms in total. The fraction of sp³-hybridized carbons (Fsp3) is 0.600. The number of nitrogens with one attached hydrogen (secondary N) is 2. The van der Waals surface area contributed by atoms with Crippen LogP contribution in [0.4, 0.5) is 0 Å². The van der Waals surface area contributed by atoms with E-state index in [0.717, 1.165) is 13.1 Å². The van der Waals surface area contributed by atoms with Gasteiger partial charge in [0.2, 0.25) is 0 Å². The smallest absolute Gasteiger partial charge is 0.107 e. The SMILES string of the molecule is CCNC1(NCC)C=CC(O)C=C1. The molecule has 0 fully saturated rings. The largest absolute Gasteiger partial charge is 0.385 e.